The summed E-state index contributed by atoms with van der Waals surface area (Å²) in [6, 6.07) is 0.767. The molecule has 0 radical (unpaired) electrons. The van der Waals surface area contributed by atoms with Crippen molar-refractivity contribution in [2.24, 2.45) is 0 Å². The number of hydrogen-bond donors (Lipinski definition) is 1. The molecule has 1 unspecified atom stereocenters. The Morgan fingerprint density at radius 3 is 2.64 bits per heavy atom. The Bertz CT molecular complexity index is 165. The summed E-state index contributed by atoms with van der Waals surface area (Å²) in [5.41, 5.74) is 0. The number of aliphatic hydroxyl groups excluding tert-OH is 1. The first kappa shape index (κ1) is 10.4. The average Bonchev–Trinajstić information content (AvgIpc) is 2.90. The summed E-state index contributed by atoms with van der Waals surface area (Å²) < 4.78 is 5.59. The fourth-order valence-corrected chi connectivity index (χ4v) is 2.23. The van der Waals surface area contributed by atoms with Crippen LogP contribution < -0.4 is 0 Å². The van der Waals surface area contributed by atoms with E-state index in [-0.39, 0.29) is 0 Å². The molecule has 1 N–H and O–H groups in total. The zero-order chi connectivity index (χ0) is 9.80. The van der Waals surface area contributed by atoms with Crippen molar-refractivity contribution in [2.75, 3.05) is 26.3 Å². The smallest absolute Gasteiger partial charge is 0.0588 e. The van der Waals surface area contributed by atoms with Crippen molar-refractivity contribution in [1.29, 1.82) is 0 Å². The highest BCUT2D eigenvalue weighted by Crippen LogP contribution is 2.27. The van der Waals surface area contributed by atoms with E-state index in [0.29, 0.717) is 12.7 Å². The van der Waals surface area contributed by atoms with Gasteiger partial charge < -0.3 is 9.84 Å². The fraction of sp³-hybridized carbons (Fsp3) is 1.00. The average molecular weight is 199 g/mol. The van der Waals surface area contributed by atoms with Crippen LogP contribution in [0, 0.1) is 0 Å². The molecular weight excluding hydrogens is 178 g/mol. The van der Waals surface area contributed by atoms with Crippen LogP contribution in [-0.2, 0) is 4.74 Å². The van der Waals surface area contributed by atoms with Gasteiger partial charge in [0.05, 0.1) is 12.7 Å². The molecule has 14 heavy (non-hydrogen) atoms. The molecule has 2 fully saturated rings. The standard InChI is InChI=1S/C11H21NO2/c13-8-7-12(10-3-4-10)6-5-11-2-1-9-14-11/h10-11,13H,1-9H2. The molecule has 2 aliphatic rings. The maximum absolute atomic E-state index is 8.93. The van der Waals surface area contributed by atoms with Crippen LogP contribution in [0.5, 0.6) is 0 Å². The van der Waals surface area contributed by atoms with Gasteiger partial charge in [0.1, 0.15) is 0 Å². The second kappa shape index (κ2) is 5.10. The lowest BCUT2D eigenvalue weighted by atomic mass is 10.2. The molecule has 1 saturated heterocycles. The molecule has 3 nitrogen and oxygen atoms in total. The van der Waals surface area contributed by atoms with Gasteiger partial charge in [0.15, 0.2) is 0 Å². The van der Waals surface area contributed by atoms with Gasteiger partial charge in [-0.05, 0) is 32.1 Å². The first-order valence-corrected chi connectivity index (χ1v) is 5.86. The van der Waals surface area contributed by atoms with Crippen molar-refractivity contribution in [3.63, 3.8) is 0 Å². The largest absolute Gasteiger partial charge is 0.395 e. The summed E-state index contributed by atoms with van der Waals surface area (Å²) in [4.78, 5) is 2.42. The lowest BCUT2D eigenvalue weighted by molar-refractivity contribution is 0.0870. The van der Waals surface area contributed by atoms with E-state index in [1.54, 1.807) is 0 Å². The van der Waals surface area contributed by atoms with Crippen LogP contribution in [-0.4, -0.2) is 48.5 Å². The molecule has 1 saturated carbocycles. The van der Waals surface area contributed by atoms with Crippen molar-refractivity contribution < 1.29 is 9.84 Å². The Morgan fingerprint density at radius 1 is 1.21 bits per heavy atom. The monoisotopic (exact) mass is 199 g/mol. The number of hydrogen-bond acceptors (Lipinski definition) is 3. The summed E-state index contributed by atoms with van der Waals surface area (Å²) >= 11 is 0. The van der Waals surface area contributed by atoms with Gasteiger partial charge in [-0.3, -0.25) is 4.90 Å². The minimum atomic E-state index is 0.294. The van der Waals surface area contributed by atoms with E-state index in [9.17, 15) is 0 Å². The van der Waals surface area contributed by atoms with Crippen LogP contribution in [0.25, 0.3) is 0 Å². The van der Waals surface area contributed by atoms with Crippen LogP contribution in [0.1, 0.15) is 32.1 Å². The van der Waals surface area contributed by atoms with Gasteiger partial charge >= 0.3 is 0 Å². The molecular formula is C11H21NO2. The predicted octanol–water partition coefficient (Wildman–Crippen LogP) is 1.01. The number of rotatable bonds is 6. The molecule has 1 aliphatic heterocycles. The zero-order valence-corrected chi connectivity index (χ0v) is 8.82. The van der Waals surface area contributed by atoms with E-state index in [4.69, 9.17) is 9.84 Å². The van der Waals surface area contributed by atoms with E-state index in [2.05, 4.69) is 4.90 Å². The molecule has 1 heterocycles. The summed E-state index contributed by atoms with van der Waals surface area (Å²) in [6.07, 6.45) is 6.76. The van der Waals surface area contributed by atoms with Crippen LogP contribution in [0.4, 0.5) is 0 Å². The van der Waals surface area contributed by atoms with Crippen molar-refractivity contribution in [3.8, 4) is 0 Å². The van der Waals surface area contributed by atoms with Crippen LogP contribution >= 0.6 is 0 Å². The van der Waals surface area contributed by atoms with E-state index in [1.165, 1.54) is 25.7 Å². The van der Waals surface area contributed by atoms with Crippen LogP contribution in [0.2, 0.25) is 0 Å². The lowest BCUT2D eigenvalue weighted by Crippen LogP contribution is -2.32. The van der Waals surface area contributed by atoms with Gasteiger partial charge in [-0.15, -0.1) is 0 Å². The first-order chi connectivity index (χ1) is 6.90. The molecule has 1 atom stereocenters. The third-order valence-electron chi connectivity index (χ3n) is 3.21. The second-order valence-corrected chi connectivity index (χ2v) is 4.41. The highest BCUT2D eigenvalue weighted by atomic mass is 16.5. The Hall–Kier alpha value is -0.120. The van der Waals surface area contributed by atoms with E-state index < -0.39 is 0 Å². The van der Waals surface area contributed by atoms with E-state index in [1.807, 2.05) is 0 Å². The summed E-state index contributed by atoms with van der Waals surface area (Å²) in [5, 5.41) is 8.93. The van der Waals surface area contributed by atoms with Crippen LogP contribution in [0.15, 0.2) is 0 Å². The van der Waals surface area contributed by atoms with Gasteiger partial charge in [-0.2, -0.15) is 0 Å². The minimum absolute atomic E-state index is 0.294. The van der Waals surface area contributed by atoms with Crippen molar-refractivity contribution >= 4 is 0 Å². The maximum Gasteiger partial charge on any atom is 0.0588 e. The van der Waals surface area contributed by atoms with E-state index >= 15 is 0 Å². The molecule has 0 aromatic rings. The van der Waals surface area contributed by atoms with Gasteiger partial charge in [0, 0.05) is 25.7 Å². The van der Waals surface area contributed by atoms with Gasteiger partial charge in [0.2, 0.25) is 0 Å². The summed E-state index contributed by atoms with van der Waals surface area (Å²) in [5.74, 6) is 0. The molecule has 0 spiro atoms. The highest BCUT2D eigenvalue weighted by molar-refractivity contribution is 4.84. The Labute approximate surface area is 86.0 Å². The summed E-state index contributed by atoms with van der Waals surface area (Å²) in [6.45, 7) is 3.20. The maximum atomic E-state index is 8.93. The quantitative estimate of drug-likeness (QED) is 0.693. The summed E-state index contributed by atoms with van der Waals surface area (Å²) in [7, 11) is 0. The zero-order valence-electron chi connectivity index (χ0n) is 8.82. The third kappa shape index (κ3) is 2.94. The Kier molecular flexibility index (Phi) is 3.79. The van der Waals surface area contributed by atoms with Gasteiger partial charge in [-0.1, -0.05) is 0 Å². The molecule has 0 amide bonds. The Morgan fingerprint density at radius 2 is 2.07 bits per heavy atom. The first-order valence-electron chi connectivity index (χ1n) is 5.86. The number of nitrogens with zero attached hydrogens (tertiary/aromatic N) is 1. The van der Waals surface area contributed by atoms with Crippen molar-refractivity contribution in [2.45, 2.75) is 44.2 Å². The van der Waals surface area contributed by atoms with Gasteiger partial charge in [-0.25, -0.2) is 0 Å². The molecule has 1 aliphatic carbocycles. The van der Waals surface area contributed by atoms with Crippen molar-refractivity contribution in [3.05, 3.63) is 0 Å². The van der Waals surface area contributed by atoms with Crippen molar-refractivity contribution in [1.82, 2.24) is 4.90 Å². The topological polar surface area (TPSA) is 32.7 Å². The third-order valence-corrected chi connectivity index (χ3v) is 3.21. The van der Waals surface area contributed by atoms with Crippen LogP contribution in [0.3, 0.4) is 0 Å². The fourth-order valence-electron chi connectivity index (χ4n) is 2.23. The predicted molar refractivity (Wildman–Crippen MR) is 55.3 cm³/mol. The SMILES string of the molecule is OCCN(CCC1CCCO1)C1CC1. The Balaban J connectivity index is 1.65. The normalized spacial score (nSPS) is 27.4. The molecule has 3 heteroatoms. The second-order valence-electron chi connectivity index (χ2n) is 4.41. The van der Waals surface area contributed by atoms with E-state index in [0.717, 1.165) is 32.2 Å². The number of aliphatic hydroxyl groups is 1. The lowest BCUT2D eigenvalue weighted by Gasteiger charge is -2.22. The highest BCUT2D eigenvalue weighted by Gasteiger charge is 2.29. The number of ether oxygens (including phenoxy) is 1. The molecule has 2 rings (SSSR count). The molecule has 0 bridgehead atoms. The molecule has 82 valence electrons. The molecule has 0 aromatic carbocycles. The van der Waals surface area contributed by atoms with Gasteiger partial charge in [0.25, 0.3) is 0 Å². The molecule has 0 aromatic heterocycles. The minimum Gasteiger partial charge on any atom is -0.395 e.